The van der Waals surface area contributed by atoms with E-state index < -0.39 is 16.0 Å². The van der Waals surface area contributed by atoms with Gasteiger partial charge in [-0.1, -0.05) is 13.8 Å². The van der Waals surface area contributed by atoms with Crippen LogP contribution in [0, 0.1) is 5.92 Å². The maximum Gasteiger partial charge on any atom is 0.335 e. The van der Waals surface area contributed by atoms with Gasteiger partial charge in [0.15, 0.2) is 0 Å². The lowest BCUT2D eigenvalue weighted by molar-refractivity contribution is 0.0696. The average molecular weight is 285 g/mol. The highest BCUT2D eigenvalue weighted by molar-refractivity contribution is 7.89. The third-order valence-electron chi connectivity index (χ3n) is 2.83. The predicted octanol–water partition coefficient (Wildman–Crippen LogP) is 2.05. The lowest BCUT2D eigenvalue weighted by Crippen LogP contribution is -2.28. The molecule has 5 nitrogen and oxygen atoms in total. The van der Waals surface area contributed by atoms with E-state index in [0.29, 0.717) is 12.5 Å². The zero-order valence-corrected chi connectivity index (χ0v) is 12.1. The summed E-state index contributed by atoms with van der Waals surface area (Å²) in [5, 5.41) is 8.77. The molecule has 1 aromatic carbocycles. The van der Waals surface area contributed by atoms with Crippen LogP contribution in [0.5, 0.6) is 0 Å². The molecule has 106 valence electrons. The van der Waals surface area contributed by atoms with Gasteiger partial charge in [0.25, 0.3) is 0 Å². The topological polar surface area (TPSA) is 74.7 Å². The van der Waals surface area contributed by atoms with Gasteiger partial charge < -0.3 is 5.11 Å². The van der Waals surface area contributed by atoms with Crippen LogP contribution in [0.25, 0.3) is 0 Å². The lowest BCUT2D eigenvalue weighted by Gasteiger charge is -2.18. The summed E-state index contributed by atoms with van der Waals surface area (Å²) < 4.78 is 25.7. The van der Waals surface area contributed by atoms with Crippen molar-refractivity contribution in [2.24, 2.45) is 5.92 Å². The molecule has 0 heterocycles. The number of carboxylic acids is 1. The van der Waals surface area contributed by atoms with Crippen molar-refractivity contribution in [1.29, 1.82) is 0 Å². The molecule has 0 spiro atoms. The van der Waals surface area contributed by atoms with Crippen molar-refractivity contribution in [2.75, 3.05) is 13.6 Å². The zero-order valence-electron chi connectivity index (χ0n) is 11.3. The summed E-state index contributed by atoms with van der Waals surface area (Å²) in [4.78, 5) is 10.8. The average Bonchev–Trinajstić information content (AvgIpc) is 2.35. The summed E-state index contributed by atoms with van der Waals surface area (Å²) in [6.07, 6.45) is 0.781. The number of carbonyl (C=O) groups is 1. The highest BCUT2D eigenvalue weighted by atomic mass is 32.2. The first-order valence-electron chi connectivity index (χ1n) is 6.05. The van der Waals surface area contributed by atoms with Gasteiger partial charge in [-0.25, -0.2) is 17.5 Å². The van der Waals surface area contributed by atoms with Gasteiger partial charge in [-0.05, 0) is 36.6 Å². The summed E-state index contributed by atoms with van der Waals surface area (Å²) in [6.45, 7) is 4.50. The Morgan fingerprint density at radius 3 is 2.21 bits per heavy atom. The summed E-state index contributed by atoms with van der Waals surface area (Å²) in [5.41, 5.74) is 0.0729. The monoisotopic (exact) mass is 285 g/mol. The largest absolute Gasteiger partial charge is 0.478 e. The fourth-order valence-corrected chi connectivity index (χ4v) is 2.70. The second-order valence-electron chi connectivity index (χ2n) is 4.84. The van der Waals surface area contributed by atoms with E-state index in [1.54, 1.807) is 0 Å². The Bertz CT molecular complexity index is 534. The molecular formula is C13H19NO4S. The molecule has 0 fully saturated rings. The van der Waals surface area contributed by atoms with Crippen LogP contribution >= 0.6 is 0 Å². The van der Waals surface area contributed by atoms with Crippen LogP contribution in [-0.4, -0.2) is 37.4 Å². The molecule has 0 aromatic heterocycles. The molecule has 0 bridgehead atoms. The van der Waals surface area contributed by atoms with Crippen LogP contribution in [-0.2, 0) is 10.0 Å². The Labute approximate surface area is 113 Å². The maximum absolute atomic E-state index is 12.2. The van der Waals surface area contributed by atoms with Gasteiger partial charge in [-0.3, -0.25) is 0 Å². The van der Waals surface area contributed by atoms with Gasteiger partial charge in [0.2, 0.25) is 10.0 Å². The Morgan fingerprint density at radius 1 is 1.26 bits per heavy atom. The van der Waals surface area contributed by atoms with Crippen LogP contribution in [0.4, 0.5) is 0 Å². The number of carboxylic acid groups (broad SMARTS) is 1. The van der Waals surface area contributed by atoms with E-state index in [0.717, 1.165) is 6.42 Å². The van der Waals surface area contributed by atoms with Crippen LogP contribution < -0.4 is 0 Å². The molecule has 1 aromatic rings. The SMILES string of the molecule is CC(C)CCN(C)S(=O)(=O)c1ccc(C(=O)O)cc1. The van der Waals surface area contributed by atoms with E-state index in [1.807, 2.05) is 13.8 Å². The van der Waals surface area contributed by atoms with E-state index in [-0.39, 0.29) is 10.5 Å². The number of benzene rings is 1. The molecule has 1 N–H and O–H groups in total. The van der Waals surface area contributed by atoms with E-state index in [2.05, 4.69) is 0 Å². The summed E-state index contributed by atoms with van der Waals surface area (Å²) in [5.74, 6) is -0.649. The standard InChI is InChI=1S/C13H19NO4S/c1-10(2)8-9-14(3)19(17,18)12-6-4-11(5-7-12)13(15)16/h4-7,10H,8-9H2,1-3H3,(H,15,16). The van der Waals surface area contributed by atoms with Crippen molar-refractivity contribution in [3.05, 3.63) is 29.8 Å². The first-order valence-corrected chi connectivity index (χ1v) is 7.49. The maximum atomic E-state index is 12.2. The summed E-state index contributed by atoms with van der Waals surface area (Å²) in [7, 11) is -2.01. The molecule has 0 aliphatic heterocycles. The van der Waals surface area contributed by atoms with E-state index in [1.165, 1.54) is 35.6 Å². The molecule has 6 heteroatoms. The van der Waals surface area contributed by atoms with Crippen LogP contribution in [0.15, 0.2) is 29.2 Å². The van der Waals surface area contributed by atoms with E-state index in [9.17, 15) is 13.2 Å². The quantitative estimate of drug-likeness (QED) is 0.868. The lowest BCUT2D eigenvalue weighted by atomic mass is 10.1. The van der Waals surface area contributed by atoms with E-state index >= 15 is 0 Å². The second kappa shape index (κ2) is 6.16. The van der Waals surface area contributed by atoms with E-state index in [4.69, 9.17) is 5.11 Å². The van der Waals surface area contributed by atoms with Gasteiger partial charge >= 0.3 is 5.97 Å². The fourth-order valence-electron chi connectivity index (χ4n) is 1.51. The zero-order chi connectivity index (χ0) is 14.6. The minimum Gasteiger partial charge on any atom is -0.478 e. The predicted molar refractivity (Wildman–Crippen MR) is 72.7 cm³/mol. The number of hydrogen-bond acceptors (Lipinski definition) is 3. The van der Waals surface area contributed by atoms with Gasteiger partial charge in [-0.2, -0.15) is 0 Å². The molecule has 0 amide bonds. The Balaban J connectivity index is 2.90. The normalized spacial score (nSPS) is 12.1. The minimum absolute atomic E-state index is 0.0729. The smallest absolute Gasteiger partial charge is 0.335 e. The van der Waals surface area contributed by atoms with Crippen molar-refractivity contribution in [2.45, 2.75) is 25.2 Å². The minimum atomic E-state index is -3.54. The van der Waals surface area contributed by atoms with Gasteiger partial charge in [0, 0.05) is 13.6 Å². The molecular weight excluding hydrogens is 266 g/mol. The van der Waals surface area contributed by atoms with Crippen molar-refractivity contribution in [3.63, 3.8) is 0 Å². The number of rotatable bonds is 6. The van der Waals surface area contributed by atoms with Crippen molar-refractivity contribution < 1.29 is 18.3 Å². The molecule has 0 aliphatic carbocycles. The Kier molecular flexibility index (Phi) is 5.08. The molecule has 0 aliphatic rings. The molecule has 0 radical (unpaired) electrons. The van der Waals surface area contributed by atoms with Crippen LogP contribution in [0.1, 0.15) is 30.6 Å². The van der Waals surface area contributed by atoms with Crippen molar-refractivity contribution in [1.82, 2.24) is 4.31 Å². The Hall–Kier alpha value is -1.40. The Morgan fingerprint density at radius 2 is 1.79 bits per heavy atom. The van der Waals surface area contributed by atoms with Crippen molar-refractivity contribution >= 4 is 16.0 Å². The molecule has 19 heavy (non-hydrogen) atoms. The molecule has 0 atom stereocenters. The first kappa shape index (κ1) is 15.7. The second-order valence-corrected chi connectivity index (χ2v) is 6.88. The summed E-state index contributed by atoms with van der Waals surface area (Å²) >= 11 is 0. The number of sulfonamides is 1. The van der Waals surface area contributed by atoms with Gasteiger partial charge in [0.1, 0.15) is 0 Å². The van der Waals surface area contributed by atoms with Gasteiger partial charge in [-0.15, -0.1) is 0 Å². The first-order chi connectivity index (χ1) is 8.75. The van der Waals surface area contributed by atoms with Crippen molar-refractivity contribution in [3.8, 4) is 0 Å². The highest BCUT2D eigenvalue weighted by Gasteiger charge is 2.20. The number of aromatic carboxylic acids is 1. The fraction of sp³-hybridized carbons (Fsp3) is 0.462. The van der Waals surface area contributed by atoms with Crippen LogP contribution in [0.2, 0.25) is 0 Å². The van der Waals surface area contributed by atoms with Gasteiger partial charge in [0.05, 0.1) is 10.5 Å². The third-order valence-corrected chi connectivity index (χ3v) is 4.70. The number of nitrogens with zero attached hydrogens (tertiary/aromatic N) is 1. The highest BCUT2D eigenvalue weighted by Crippen LogP contribution is 2.16. The molecule has 0 saturated carbocycles. The van der Waals surface area contributed by atoms with Crippen LogP contribution in [0.3, 0.4) is 0 Å². The molecule has 0 saturated heterocycles. The number of hydrogen-bond donors (Lipinski definition) is 1. The third kappa shape index (κ3) is 4.04. The molecule has 0 unspecified atom stereocenters. The molecule has 1 rings (SSSR count). The summed E-state index contributed by atoms with van der Waals surface area (Å²) in [6, 6.07) is 5.24.